The van der Waals surface area contributed by atoms with Gasteiger partial charge in [0.25, 0.3) is 0 Å². The summed E-state index contributed by atoms with van der Waals surface area (Å²) in [6.07, 6.45) is 2.54. The summed E-state index contributed by atoms with van der Waals surface area (Å²) in [5.41, 5.74) is 0. The van der Waals surface area contributed by atoms with Crippen molar-refractivity contribution in [3.63, 3.8) is 0 Å². The third-order valence-electron chi connectivity index (χ3n) is 3.07. The molecule has 0 aliphatic carbocycles. The maximum Gasteiger partial charge on any atom is 0.0701 e. The van der Waals surface area contributed by atoms with Gasteiger partial charge in [-0.1, -0.05) is 0 Å². The zero-order valence-corrected chi connectivity index (χ0v) is 12.3. The summed E-state index contributed by atoms with van der Waals surface area (Å²) in [5, 5.41) is 12.6. The Morgan fingerprint density at radius 2 is 2.41 bits per heavy atom. The van der Waals surface area contributed by atoms with E-state index in [9.17, 15) is 0 Å². The zero-order chi connectivity index (χ0) is 12.1. The van der Waals surface area contributed by atoms with Gasteiger partial charge in [0.15, 0.2) is 0 Å². The van der Waals surface area contributed by atoms with E-state index in [1.54, 1.807) is 11.3 Å². The second kappa shape index (κ2) is 6.85. The highest BCUT2D eigenvalue weighted by molar-refractivity contribution is 9.11. The molecule has 0 aromatic carbocycles. The van der Waals surface area contributed by atoms with Gasteiger partial charge < -0.3 is 10.4 Å². The average molecular weight is 319 g/mol. The van der Waals surface area contributed by atoms with Crippen molar-refractivity contribution in [2.75, 3.05) is 26.2 Å². The van der Waals surface area contributed by atoms with Crippen LogP contribution in [0.4, 0.5) is 0 Å². The molecule has 17 heavy (non-hydrogen) atoms. The summed E-state index contributed by atoms with van der Waals surface area (Å²) >= 11 is 5.26. The number of hydrogen-bond donors (Lipinski definition) is 2. The Balaban J connectivity index is 1.87. The molecule has 0 spiro atoms. The fraction of sp³-hybridized carbons (Fsp3) is 0.667. The van der Waals surface area contributed by atoms with Crippen molar-refractivity contribution in [3.8, 4) is 0 Å². The Bertz CT molecular complexity index is 339. The molecule has 3 nitrogen and oxygen atoms in total. The lowest BCUT2D eigenvalue weighted by atomic mass is 10.2. The van der Waals surface area contributed by atoms with Gasteiger partial charge in [-0.2, -0.15) is 0 Å². The van der Waals surface area contributed by atoms with Gasteiger partial charge in [-0.05, 0) is 47.4 Å². The van der Waals surface area contributed by atoms with Gasteiger partial charge in [-0.25, -0.2) is 0 Å². The SMILES string of the molecule is OCCN(Cc1ccc(Br)s1)CC1CCCN1. The quantitative estimate of drug-likeness (QED) is 0.842. The van der Waals surface area contributed by atoms with Crippen molar-refractivity contribution in [3.05, 3.63) is 20.8 Å². The monoisotopic (exact) mass is 318 g/mol. The molecular formula is C12H19BrN2OS. The number of nitrogens with zero attached hydrogens (tertiary/aromatic N) is 1. The molecule has 1 fully saturated rings. The van der Waals surface area contributed by atoms with Gasteiger partial charge in [0, 0.05) is 30.6 Å². The molecule has 2 heterocycles. The summed E-state index contributed by atoms with van der Waals surface area (Å²) in [6, 6.07) is 4.84. The topological polar surface area (TPSA) is 35.5 Å². The van der Waals surface area contributed by atoms with Crippen LogP contribution in [-0.2, 0) is 6.54 Å². The molecule has 1 aromatic rings. The molecule has 2 rings (SSSR count). The summed E-state index contributed by atoms with van der Waals surface area (Å²) < 4.78 is 1.18. The average Bonchev–Trinajstić information content (AvgIpc) is 2.91. The maximum atomic E-state index is 9.13. The first kappa shape index (κ1) is 13.5. The van der Waals surface area contributed by atoms with Gasteiger partial charge in [-0.3, -0.25) is 4.90 Å². The van der Waals surface area contributed by atoms with E-state index < -0.39 is 0 Å². The molecule has 2 N–H and O–H groups in total. The van der Waals surface area contributed by atoms with Gasteiger partial charge >= 0.3 is 0 Å². The molecule has 0 radical (unpaired) electrons. The number of aliphatic hydroxyl groups is 1. The first-order chi connectivity index (χ1) is 8.28. The molecule has 96 valence electrons. The molecular weight excluding hydrogens is 300 g/mol. The lowest BCUT2D eigenvalue weighted by molar-refractivity contribution is 0.180. The van der Waals surface area contributed by atoms with Gasteiger partial charge in [0.1, 0.15) is 0 Å². The summed E-state index contributed by atoms with van der Waals surface area (Å²) in [7, 11) is 0. The second-order valence-corrected chi connectivity index (χ2v) is 7.01. The summed E-state index contributed by atoms with van der Waals surface area (Å²) in [5.74, 6) is 0. The fourth-order valence-electron chi connectivity index (χ4n) is 2.26. The van der Waals surface area contributed by atoms with Crippen LogP contribution in [0.1, 0.15) is 17.7 Å². The standard InChI is InChI=1S/C12H19BrN2OS/c13-12-4-3-11(17-12)9-15(6-7-16)8-10-2-1-5-14-10/h3-4,10,14,16H,1-2,5-9H2. The normalized spacial score (nSPS) is 20.3. The Morgan fingerprint density at radius 1 is 1.53 bits per heavy atom. The van der Waals surface area contributed by atoms with Crippen LogP contribution in [-0.4, -0.2) is 42.3 Å². The minimum absolute atomic E-state index is 0.235. The van der Waals surface area contributed by atoms with Crippen LogP contribution in [0.2, 0.25) is 0 Å². The van der Waals surface area contributed by atoms with Crippen LogP contribution in [0.25, 0.3) is 0 Å². The van der Waals surface area contributed by atoms with Crippen molar-refractivity contribution in [2.45, 2.75) is 25.4 Å². The smallest absolute Gasteiger partial charge is 0.0701 e. The molecule has 1 aromatic heterocycles. The lowest BCUT2D eigenvalue weighted by Gasteiger charge is -2.24. The number of thiophene rings is 1. The first-order valence-electron chi connectivity index (χ1n) is 6.09. The number of nitrogens with one attached hydrogen (secondary N) is 1. The predicted molar refractivity (Wildman–Crippen MR) is 75.4 cm³/mol. The van der Waals surface area contributed by atoms with Crippen molar-refractivity contribution in [2.24, 2.45) is 0 Å². The third-order valence-corrected chi connectivity index (χ3v) is 4.67. The van der Waals surface area contributed by atoms with Crippen LogP contribution in [0.3, 0.4) is 0 Å². The van der Waals surface area contributed by atoms with Crippen molar-refractivity contribution < 1.29 is 5.11 Å². The minimum atomic E-state index is 0.235. The molecule has 1 aliphatic rings. The molecule has 1 saturated heterocycles. The lowest BCUT2D eigenvalue weighted by Crippen LogP contribution is -2.38. The van der Waals surface area contributed by atoms with E-state index in [0.717, 1.165) is 26.2 Å². The Labute approximate surface area is 115 Å². The van der Waals surface area contributed by atoms with Gasteiger partial charge in [0.05, 0.1) is 10.4 Å². The molecule has 1 atom stereocenters. The summed E-state index contributed by atoms with van der Waals surface area (Å²) in [4.78, 5) is 3.68. The Kier molecular flexibility index (Phi) is 5.44. The Hall–Kier alpha value is 0.0600. The highest BCUT2D eigenvalue weighted by Crippen LogP contribution is 2.23. The van der Waals surface area contributed by atoms with Crippen molar-refractivity contribution in [1.29, 1.82) is 0 Å². The largest absolute Gasteiger partial charge is 0.395 e. The van der Waals surface area contributed by atoms with Gasteiger partial charge in [0.2, 0.25) is 0 Å². The van der Waals surface area contributed by atoms with E-state index in [2.05, 4.69) is 38.3 Å². The summed E-state index contributed by atoms with van der Waals surface area (Å²) in [6.45, 7) is 4.11. The Morgan fingerprint density at radius 3 is 3.00 bits per heavy atom. The van der Waals surface area contributed by atoms with Crippen molar-refractivity contribution >= 4 is 27.3 Å². The van der Waals surface area contributed by atoms with E-state index in [1.165, 1.54) is 21.5 Å². The number of aliphatic hydroxyl groups excluding tert-OH is 1. The number of halogens is 1. The molecule has 5 heteroatoms. The maximum absolute atomic E-state index is 9.13. The molecule has 1 unspecified atom stereocenters. The van der Waals surface area contributed by atoms with E-state index in [-0.39, 0.29) is 6.61 Å². The van der Waals surface area contributed by atoms with E-state index in [4.69, 9.17) is 5.11 Å². The van der Waals surface area contributed by atoms with Crippen LogP contribution < -0.4 is 5.32 Å². The minimum Gasteiger partial charge on any atom is -0.395 e. The van der Waals surface area contributed by atoms with Crippen LogP contribution in [0.15, 0.2) is 15.9 Å². The fourth-order valence-corrected chi connectivity index (χ4v) is 3.78. The second-order valence-electron chi connectivity index (χ2n) is 4.46. The number of rotatable bonds is 6. The highest BCUT2D eigenvalue weighted by atomic mass is 79.9. The van der Waals surface area contributed by atoms with Crippen LogP contribution in [0, 0.1) is 0 Å². The highest BCUT2D eigenvalue weighted by Gasteiger charge is 2.18. The van der Waals surface area contributed by atoms with E-state index >= 15 is 0 Å². The zero-order valence-electron chi connectivity index (χ0n) is 9.86. The molecule has 0 amide bonds. The molecule has 0 saturated carbocycles. The van der Waals surface area contributed by atoms with E-state index in [0.29, 0.717) is 6.04 Å². The van der Waals surface area contributed by atoms with Crippen molar-refractivity contribution in [1.82, 2.24) is 10.2 Å². The van der Waals surface area contributed by atoms with Crippen LogP contribution >= 0.6 is 27.3 Å². The predicted octanol–water partition coefficient (Wildman–Crippen LogP) is 2.06. The van der Waals surface area contributed by atoms with E-state index in [1.807, 2.05) is 0 Å². The van der Waals surface area contributed by atoms with Crippen LogP contribution in [0.5, 0.6) is 0 Å². The molecule has 0 bridgehead atoms. The molecule has 1 aliphatic heterocycles. The first-order valence-corrected chi connectivity index (χ1v) is 7.69. The third kappa shape index (κ3) is 4.34. The number of hydrogen-bond acceptors (Lipinski definition) is 4. The van der Waals surface area contributed by atoms with Gasteiger partial charge in [-0.15, -0.1) is 11.3 Å².